The van der Waals surface area contributed by atoms with Gasteiger partial charge in [0.25, 0.3) is 0 Å². The first-order chi connectivity index (χ1) is 11.7. The molecule has 4 atom stereocenters. The third kappa shape index (κ3) is 3.60. The van der Waals surface area contributed by atoms with Gasteiger partial charge in [0.15, 0.2) is 0 Å². The van der Waals surface area contributed by atoms with Crippen LogP contribution in [0.3, 0.4) is 0 Å². The van der Waals surface area contributed by atoms with Gasteiger partial charge < -0.3 is 0 Å². The fourth-order valence-corrected chi connectivity index (χ4v) is 4.94. The molecule has 3 rings (SSSR count). The number of hydrogen-bond acceptors (Lipinski definition) is 2. The van der Waals surface area contributed by atoms with Crippen LogP contribution in [-0.4, -0.2) is 23.3 Å². The molecule has 24 heavy (non-hydrogen) atoms. The van der Waals surface area contributed by atoms with E-state index in [0.717, 1.165) is 19.3 Å². The lowest BCUT2D eigenvalue weighted by Gasteiger charge is -2.17. The van der Waals surface area contributed by atoms with Gasteiger partial charge in [0.2, 0.25) is 11.8 Å². The molecular formula is C21H33NO2. The largest absolute Gasteiger partial charge is 0.282 e. The second kappa shape index (κ2) is 8.31. The number of likely N-dealkylation sites (tertiary alicyclic amines) is 1. The van der Waals surface area contributed by atoms with Crippen molar-refractivity contribution in [1.29, 1.82) is 0 Å². The topological polar surface area (TPSA) is 37.4 Å². The van der Waals surface area contributed by atoms with Crippen LogP contribution in [-0.2, 0) is 9.59 Å². The number of unbranched alkanes of at least 4 members (excludes halogenated alkanes) is 9. The van der Waals surface area contributed by atoms with Crippen molar-refractivity contribution in [3.05, 3.63) is 12.2 Å². The quantitative estimate of drug-likeness (QED) is 0.312. The number of imide groups is 1. The summed E-state index contributed by atoms with van der Waals surface area (Å²) in [7, 11) is 0. The van der Waals surface area contributed by atoms with E-state index in [2.05, 4.69) is 19.1 Å². The average molecular weight is 332 g/mol. The predicted molar refractivity (Wildman–Crippen MR) is 96.3 cm³/mol. The standard InChI is InChI=1S/C21H33NO2/c1-2-3-4-5-6-7-8-9-10-11-14-22-20(23)18-16-12-13-17(15-16)19(18)21(22)24/h12-13,16-19H,2-11,14-15H2,1H3/t16-,17+,18+,19-. The minimum atomic E-state index is -0.0179. The molecule has 1 saturated carbocycles. The van der Waals surface area contributed by atoms with E-state index in [1.807, 2.05) is 0 Å². The molecule has 1 saturated heterocycles. The van der Waals surface area contributed by atoms with Gasteiger partial charge in [0.1, 0.15) is 0 Å². The first kappa shape index (κ1) is 17.7. The van der Waals surface area contributed by atoms with Crippen LogP contribution in [0.4, 0.5) is 0 Å². The summed E-state index contributed by atoms with van der Waals surface area (Å²) in [5.41, 5.74) is 0. The van der Waals surface area contributed by atoms with Crippen LogP contribution in [0.2, 0.25) is 0 Å². The Balaban J connectivity index is 1.28. The van der Waals surface area contributed by atoms with Crippen molar-refractivity contribution in [2.45, 2.75) is 77.6 Å². The Morgan fingerprint density at radius 1 is 0.792 bits per heavy atom. The lowest BCUT2D eigenvalue weighted by molar-refractivity contribution is -0.140. The van der Waals surface area contributed by atoms with E-state index < -0.39 is 0 Å². The molecule has 2 fully saturated rings. The van der Waals surface area contributed by atoms with E-state index in [1.54, 1.807) is 4.90 Å². The van der Waals surface area contributed by atoms with Crippen LogP contribution < -0.4 is 0 Å². The van der Waals surface area contributed by atoms with Crippen molar-refractivity contribution in [3.8, 4) is 0 Å². The number of amides is 2. The average Bonchev–Trinajstić information content (AvgIpc) is 3.25. The van der Waals surface area contributed by atoms with Crippen molar-refractivity contribution in [2.24, 2.45) is 23.7 Å². The number of hydrogen-bond donors (Lipinski definition) is 0. The summed E-state index contributed by atoms with van der Waals surface area (Å²) in [6.07, 6.45) is 18.2. The summed E-state index contributed by atoms with van der Waals surface area (Å²) in [5.74, 6) is 0.894. The summed E-state index contributed by atoms with van der Waals surface area (Å²) in [6.45, 7) is 2.91. The van der Waals surface area contributed by atoms with Crippen molar-refractivity contribution >= 4 is 11.8 Å². The molecule has 0 aromatic heterocycles. The third-order valence-corrected chi connectivity index (χ3v) is 6.30. The summed E-state index contributed by atoms with van der Waals surface area (Å²) in [5, 5.41) is 0. The van der Waals surface area contributed by atoms with Gasteiger partial charge in [0.05, 0.1) is 11.8 Å². The number of carbonyl (C=O) groups is 2. The lowest BCUT2D eigenvalue weighted by Crippen LogP contribution is -2.33. The minimum absolute atomic E-state index is 0.0179. The molecule has 1 aliphatic heterocycles. The lowest BCUT2D eigenvalue weighted by atomic mass is 9.85. The summed E-state index contributed by atoms with van der Waals surface area (Å²) < 4.78 is 0. The van der Waals surface area contributed by atoms with E-state index >= 15 is 0 Å². The van der Waals surface area contributed by atoms with Crippen LogP contribution in [0.1, 0.15) is 77.6 Å². The van der Waals surface area contributed by atoms with E-state index in [9.17, 15) is 9.59 Å². The van der Waals surface area contributed by atoms with Gasteiger partial charge in [-0.2, -0.15) is 0 Å². The molecule has 2 bridgehead atoms. The van der Waals surface area contributed by atoms with Crippen molar-refractivity contribution in [2.75, 3.05) is 6.54 Å². The van der Waals surface area contributed by atoms with Crippen LogP contribution in [0.5, 0.6) is 0 Å². The number of carbonyl (C=O) groups excluding carboxylic acids is 2. The summed E-state index contributed by atoms with van der Waals surface area (Å²) >= 11 is 0. The van der Waals surface area contributed by atoms with Crippen molar-refractivity contribution in [3.63, 3.8) is 0 Å². The molecule has 3 aliphatic rings. The highest BCUT2D eigenvalue weighted by molar-refractivity contribution is 6.06. The Hall–Kier alpha value is -1.12. The third-order valence-electron chi connectivity index (χ3n) is 6.30. The molecule has 3 heteroatoms. The van der Waals surface area contributed by atoms with E-state index in [0.29, 0.717) is 18.4 Å². The van der Waals surface area contributed by atoms with Crippen LogP contribution in [0.15, 0.2) is 12.2 Å². The van der Waals surface area contributed by atoms with E-state index in [4.69, 9.17) is 0 Å². The number of rotatable bonds is 11. The molecule has 1 heterocycles. The van der Waals surface area contributed by atoms with Gasteiger partial charge in [-0.05, 0) is 24.7 Å². The van der Waals surface area contributed by atoms with Crippen LogP contribution >= 0.6 is 0 Å². The predicted octanol–water partition coefficient (Wildman–Crippen LogP) is 4.71. The van der Waals surface area contributed by atoms with Gasteiger partial charge in [-0.3, -0.25) is 14.5 Å². The Morgan fingerprint density at radius 3 is 1.75 bits per heavy atom. The molecule has 0 radical (unpaired) electrons. The van der Waals surface area contributed by atoms with E-state index in [-0.39, 0.29) is 23.7 Å². The highest BCUT2D eigenvalue weighted by Gasteiger charge is 2.58. The van der Waals surface area contributed by atoms with Crippen molar-refractivity contribution < 1.29 is 9.59 Å². The molecule has 2 aliphatic carbocycles. The Morgan fingerprint density at radius 2 is 1.25 bits per heavy atom. The second-order valence-corrected chi connectivity index (χ2v) is 8.01. The van der Waals surface area contributed by atoms with Gasteiger partial charge in [-0.1, -0.05) is 76.9 Å². The Kier molecular flexibility index (Phi) is 6.13. The summed E-state index contributed by atoms with van der Waals surface area (Å²) in [6, 6.07) is 0. The first-order valence-electron chi connectivity index (χ1n) is 10.3. The molecule has 0 N–H and O–H groups in total. The van der Waals surface area contributed by atoms with Crippen molar-refractivity contribution in [1.82, 2.24) is 4.90 Å². The zero-order valence-electron chi connectivity index (χ0n) is 15.2. The first-order valence-corrected chi connectivity index (χ1v) is 10.3. The zero-order valence-corrected chi connectivity index (χ0v) is 15.2. The normalized spacial score (nSPS) is 30.6. The number of allylic oxidation sites excluding steroid dienone is 2. The highest BCUT2D eigenvalue weighted by Crippen LogP contribution is 2.52. The van der Waals surface area contributed by atoms with E-state index in [1.165, 1.54) is 51.4 Å². The fraction of sp³-hybridized carbons (Fsp3) is 0.810. The second-order valence-electron chi connectivity index (χ2n) is 8.01. The molecule has 134 valence electrons. The highest BCUT2D eigenvalue weighted by atomic mass is 16.2. The van der Waals surface area contributed by atoms with Gasteiger partial charge in [-0.25, -0.2) is 0 Å². The molecular weight excluding hydrogens is 298 g/mol. The number of nitrogens with zero attached hydrogens (tertiary/aromatic N) is 1. The summed E-state index contributed by atoms with van der Waals surface area (Å²) in [4.78, 5) is 26.7. The van der Waals surface area contributed by atoms with Gasteiger partial charge in [-0.15, -0.1) is 0 Å². The maximum atomic E-state index is 12.5. The Bertz CT molecular complexity index is 454. The SMILES string of the molecule is CCCCCCCCCCCCN1C(=O)[C@@H]2[C@H](C1=O)[C@H]1C=C[C@@H]2C1. The molecule has 2 amide bonds. The molecule has 0 aromatic rings. The maximum Gasteiger partial charge on any atom is 0.233 e. The van der Waals surface area contributed by atoms with Gasteiger partial charge >= 0.3 is 0 Å². The smallest absolute Gasteiger partial charge is 0.233 e. The zero-order chi connectivity index (χ0) is 16.9. The minimum Gasteiger partial charge on any atom is -0.282 e. The fourth-order valence-electron chi connectivity index (χ4n) is 4.94. The molecule has 0 spiro atoms. The molecule has 3 nitrogen and oxygen atoms in total. The number of fused-ring (bicyclic) bond motifs is 5. The van der Waals surface area contributed by atoms with Crippen LogP contribution in [0.25, 0.3) is 0 Å². The molecule has 0 unspecified atom stereocenters. The molecule has 0 aromatic carbocycles. The maximum absolute atomic E-state index is 12.5. The van der Waals surface area contributed by atoms with Gasteiger partial charge in [0, 0.05) is 6.54 Å². The Labute approximate surface area is 146 Å². The monoisotopic (exact) mass is 331 g/mol. The van der Waals surface area contributed by atoms with Crippen LogP contribution in [0, 0.1) is 23.7 Å².